The monoisotopic (exact) mass is 434 g/mol. The number of benzene rings is 1. The van der Waals surface area contributed by atoms with Crippen LogP contribution < -0.4 is 5.32 Å². The highest BCUT2D eigenvalue weighted by Crippen LogP contribution is 2.27. The third kappa shape index (κ3) is 4.63. The molecule has 0 aliphatic rings. The third-order valence-electron chi connectivity index (χ3n) is 4.02. The minimum Gasteiger partial charge on any atom is -0.385 e. The van der Waals surface area contributed by atoms with Crippen molar-refractivity contribution in [2.75, 3.05) is 5.32 Å². The second-order valence-electron chi connectivity index (χ2n) is 6.27. The first kappa shape index (κ1) is 19.6. The van der Waals surface area contributed by atoms with E-state index in [1.54, 1.807) is 12.3 Å². The van der Waals surface area contributed by atoms with E-state index in [1.807, 2.05) is 12.3 Å². The first-order valence-electron chi connectivity index (χ1n) is 8.64. The number of halogens is 2. The molecule has 4 rings (SSSR count). The number of rotatable bonds is 7. The maximum atomic E-state index is 13.8. The number of anilines is 2. The van der Waals surface area contributed by atoms with Crippen LogP contribution in [-0.2, 0) is 13.0 Å². The Morgan fingerprint density at radius 3 is 2.72 bits per heavy atom. The van der Waals surface area contributed by atoms with E-state index in [2.05, 4.69) is 25.6 Å². The molecule has 1 atom stereocenters. The molecule has 150 valence electrons. The Labute approximate surface area is 172 Å². The Bertz CT molecular complexity index is 1100. The topological polar surface area (TPSA) is 88.8 Å². The van der Waals surface area contributed by atoms with Gasteiger partial charge in [0.05, 0.1) is 11.6 Å². The van der Waals surface area contributed by atoms with Crippen LogP contribution in [0.25, 0.3) is 0 Å². The summed E-state index contributed by atoms with van der Waals surface area (Å²) < 4.78 is 29.0. The smallest absolute Gasteiger partial charge is 0.211 e. The molecule has 0 fully saturated rings. The van der Waals surface area contributed by atoms with Crippen molar-refractivity contribution in [2.45, 2.75) is 26.0 Å². The van der Waals surface area contributed by atoms with Crippen LogP contribution in [0, 0.1) is 18.6 Å². The maximum absolute atomic E-state index is 13.8. The summed E-state index contributed by atoms with van der Waals surface area (Å²) in [4.78, 5) is 4.33. The lowest BCUT2D eigenvalue weighted by atomic mass is 10.2. The van der Waals surface area contributed by atoms with Crippen molar-refractivity contribution in [1.29, 1.82) is 0 Å². The molecular formula is C18H16F2N6OS2. The van der Waals surface area contributed by atoms with E-state index in [1.165, 1.54) is 45.6 Å². The molecule has 0 aliphatic heterocycles. The molecule has 0 spiro atoms. The Morgan fingerprint density at radius 1 is 1.21 bits per heavy atom. The maximum Gasteiger partial charge on any atom is 0.211 e. The molecule has 0 saturated heterocycles. The van der Waals surface area contributed by atoms with Crippen LogP contribution in [0.5, 0.6) is 0 Å². The fraction of sp³-hybridized carbons (Fsp3) is 0.222. The Balaban J connectivity index is 1.40. The van der Waals surface area contributed by atoms with Gasteiger partial charge in [-0.3, -0.25) is 4.68 Å². The van der Waals surface area contributed by atoms with Gasteiger partial charge in [-0.1, -0.05) is 17.4 Å². The van der Waals surface area contributed by atoms with Gasteiger partial charge in [0.2, 0.25) is 5.13 Å². The molecule has 11 heteroatoms. The van der Waals surface area contributed by atoms with E-state index in [0.717, 1.165) is 10.7 Å². The first-order valence-corrected chi connectivity index (χ1v) is 10.3. The van der Waals surface area contributed by atoms with Crippen LogP contribution >= 0.6 is 22.7 Å². The van der Waals surface area contributed by atoms with Crippen LogP contribution in [0.4, 0.5) is 19.7 Å². The second-order valence-corrected chi connectivity index (χ2v) is 8.22. The van der Waals surface area contributed by atoms with E-state index < -0.39 is 17.7 Å². The summed E-state index contributed by atoms with van der Waals surface area (Å²) in [5.74, 6) is -0.782. The van der Waals surface area contributed by atoms with Crippen molar-refractivity contribution in [1.82, 2.24) is 25.0 Å². The molecule has 0 bridgehead atoms. The molecule has 0 saturated carbocycles. The zero-order valence-electron chi connectivity index (χ0n) is 15.2. The molecule has 2 N–H and O–H groups in total. The molecular weight excluding hydrogens is 418 g/mol. The zero-order chi connectivity index (χ0) is 20.4. The van der Waals surface area contributed by atoms with Gasteiger partial charge in [-0.15, -0.1) is 21.5 Å². The highest BCUT2D eigenvalue weighted by molar-refractivity contribution is 7.15. The van der Waals surface area contributed by atoms with Crippen LogP contribution in [0.2, 0.25) is 0 Å². The normalized spacial score (nSPS) is 12.3. The molecule has 0 unspecified atom stereocenters. The summed E-state index contributed by atoms with van der Waals surface area (Å²) in [6.45, 7) is 1.87. The zero-order valence-corrected chi connectivity index (χ0v) is 16.8. The highest BCUT2D eigenvalue weighted by atomic mass is 32.1. The molecule has 0 radical (unpaired) electrons. The molecule has 29 heavy (non-hydrogen) atoms. The van der Waals surface area contributed by atoms with E-state index >= 15 is 0 Å². The fourth-order valence-electron chi connectivity index (χ4n) is 2.64. The van der Waals surface area contributed by atoms with Gasteiger partial charge < -0.3 is 10.4 Å². The van der Waals surface area contributed by atoms with Gasteiger partial charge in [0, 0.05) is 35.3 Å². The van der Waals surface area contributed by atoms with Crippen molar-refractivity contribution in [3.8, 4) is 0 Å². The van der Waals surface area contributed by atoms with E-state index in [0.29, 0.717) is 22.4 Å². The van der Waals surface area contributed by atoms with E-state index in [9.17, 15) is 13.9 Å². The summed E-state index contributed by atoms with van der Waals surface area (Å²) >= 11 is 2.70. The van der Waals surface area contributed by atoms with E-state index in [-0.39, 0.29) is 12.1 Å². The minimum atomic E-state index is -0.796. The summed E-state index contributed by atoms with van der Waals surface area (Å²) in [5.41, 5.74) is 0.864. The number of aryl methyl sites for hydroxylation is 1. The van der Waals surface area contributed by atoms with Gasteiger partial charge in [0.1, 0.15) is 22.7 Å². The highest BCUT2D eigenvalue weighted by Gasteiger charge is 2.17. The van der Waals surface area contributed by atoms with Crippen LogP contribution in [0.1, 0.15) is 27.4 Å². The molecule has 1 aromatic carbocycles. The first-order chi connectivity index (χ1) is 14.0. The van der Waals surface area contributed by atoms with Gasteiger partial charge >= 0.3 is 0 Å². The predicted octanol–water partition coefficient (Wildman–Crippen LogP) is 3.85. The van der Waals surface area contributed by atoms with Crippen LogP contribution in [0.3, 0.4) is 0 Å². The third-order valence-corrected chi connectivity index (χ3v) is 5.95. The summed E-state index contributed by atoms with van der Waals surface area (Å²) in [6, 6.07) is 5.40. The van der Waals surface area contributed by atoms with Crippen LogP contribution in [-0.4, -0.2) is 30.1 Å². The lowest BCUT2D eigenvalue weighted by Gasteiger charge is -2.05. The number of aromatic nitrogens is 5. The molecule has 7 nitrogen and oxygen atoms in total. The SMILES string of the molecule is Cc1csc(C[C@H](O)c2nnc(Nc3ccn(Cc4c(F)cccc4F)n3)s2)n1. The molecule has 0 aliphatic carbocycles. The fourth-order valence-corrected chi connectivity index (χ4v) is 4.19. The van der Waals surface area contributed by atoms with Gasteiger partial charge in [0.25, 0.3) is 0 Å². The van der Waals surface area contributed by atoms with Gasteiger partial charge in [-0.05, 0) is 19.1 Å². The largest absolute Gasteiger partial charge is 0.385 e. The summed E-state index contributed by atoms with van der Waals surface area (Å²) in [7, 11) is 0. The lowest BCUT2D eigenvalue weighted by molar-refractivity contribution is 0.177. The Morgan fingerprint density at radius 2 is 2.00 bits per heavy atom. The number of aliphatic hydroxyl groups is 1. The minimum absolute atomic E-state index is 0.0342. The summed E-state index contributed by atoms with van der Waals surface area (Å²) in [6.07, 6.45) is 1.18. The molecule has 3 aromatic heterocycles. The number of nitrogens with zero attached hydrogens (tertiary/aromatic N) is 5. The van der Waals surface area contributed by atoms with Crippen molar-refractivity contribution < 1.29 is 13.9 Å². The second kappa shape index (κ2) is 8.31. The van der Waals surface area contributed by atoms with Crippen molar-refractivity contribution in [3.63, 3.8) is 0 Å². The average molecular weight is 434 g/mol. The number of hydrogen-bond donors (Lipinski definition) is 2. The molecule has 3 heterocycles. The van der Waals surface area contributed by atoms with Gasteiger partial charge in [-0.25, -0.2) is 13.8 Å². The quantitative estimate of drug-likeness (QED) is 0.459. The number of thiazole rings is 1. The van der Waals surface area contributed by atoms with Crippen molar-refractivity contribution >= 4 is 33.6 Å². The van der Waals surface area contributed by atoms with Crippen molar-refractivity contribution in [2.24, 2.45) is 0 Å². The Hall–Kier alpha value is -2.76. The number of nitrogens with one attached hydrogen (secondary N) is 1. The van der Waals surface area contributed by atoms with Gasteiger partial charge in [0.15, 0.2) is 5.82 Å². The van der Waals surface area contributed by atoms with Crippen molar-refractivity contribution in [3.05, 3.63) is 68.7 Å². The summed E-state index contributed by atoms with van der Waals surface area (Å²) in [5, 5.41) is 29.3. The van der Waals surface area contributed by atoms with Crippen LogP contribution in [0.15, 0.2) is 35.8 Å². The predicted molar refractivity (Wildman–Crippen MR) is 106 cm³/mol. The lowest BCUT2D eigenvalue weighted by Crippen LogP contribution is -2.05. The number of aliphatic hydroxyl groups excluding tert-OH is 1. The van der Waals surface area contributed by atoms with E-state index in [4.69, 9.17) is 0 Å². The standard InChI is InChI=1S/C18H16F2N6OS2/c1-10-9-28-16(21-10)7-14(27)17-23-24-18(29-17)22-15-5-6-26(25-15)8-11-12(19)3-2-4-13(11)20/h2-6,9,14,27H,7-8H2,1H3,(H,22,24,25)/t14-/m0/s1. The average Bonchev–Trinajstić information content (AvgIpc) is 3.41. The Kier molecular flexibility index (Phi) is 5.60. The van der Waals surface area contributed by atoms with Gasteiger partial charge in [-0.2, -0.15) is 5.10 Å². The number of hydrogen-bond acceptors (Lipinski definition) is 8. The molecule has 4 aromatic rings. The molecule has 0 amide bonds.